The summed E-state index contributed by atoms with van der Waals surface area (Å²) < 4.78 is 0. The van der Waals surface area contributed by atoms with Crippen LogP contribution in [0.2, 0.25) is 0 Å². The van der Waals surface area contributed by atoms with Gasteiger partial charge in [0.1, 0.15) is 0 Å². The summed E-state index contributed by atoms with van der Waals surface area (Å²) in [4.78, 5) is 22.5. The van der Waals surface area contributed by atoms with Crippen molar-refractivity contribution < 1.29 is 9.59 Å². The Morgan fingerprint density at radius 1 is 0.947 bits per heavy atom. The SMILES string of the molecule is CC(=O)NCCNC(=O)Cc1cc(C)c(C)cc1C. The highest BCUT2D eigenvalue weighted by molar-refractivity contribution is 5.79. The summed E-state index contributed by atoms with van der Waals surface area (Å²) in [5.41, 5.74) is 4.64. The van der Waals surface area contributed by atoms with Crippen molar-refractivity contribution in [1.82, 2.24) is 10.6 Å². The Bertz CT molecular complexity index is 481. The van der Waals surface area contributed by atoms with Gasteiger partial charge in [0.05, 0.1) is 6.42 Å². The number of benzene rings is 1. The summed E-state index contributed by atoms with van der Waals surface area (Å²) in [6, 6.07) is 4.17. The molecule has 2 amide bonds. The molecule has 0 saturated heterocycles. The summed E-state index contributed by atoms with van der Waals surface area (Å²) >= 11 is 0. The minimum atomic E-state index is -0.0840. The maximum absolute atomic E-state index is 11.8. The molecule has 0 radical (unpaired) electrons. The van der Waals surface area contributed by atoms with E-state index in [9.17, 15) is 9.59 Å². The first-order valence-electron chi connectivity index (χ1n) is 6.48. The van der Waals surface area contributed by atoms with Crippen molar-refractivity contribution in [2.24, 2.45) is 0 Å². The third-order valence-electron chi connectivity index (χ3n) is 3.12. The van der Waals surface area contributed by atoms with Gasteiger partial charge >= 0.3 is 0 Å². The molecule has 4 nitrogen and oxygen atoms in total. The van der Waals surface area contributed by atoms with Crippen molar-refractivity contribution >= 4 is 11.8 Å². The number of carbonyl (C=O) groups is 2. The van der Waals surface area contributed by atoms with Crippen LogP contribution in [0.3, 0.4) is 0 Å². The Morgan fingerprint density at radius 3 is 2.16 bits per heavy atom. The number of hydrogen-bond acceptors (Lipinski definition) is 2. The average molecular weight is 262 g/mol. The molecule has 0 bridgehead atoms. The van der Waals surface area contributed by atoms with E-state index in [0.29, 0.717) is 19.5 Å². The average Bonchev–Trinajstić information content (AvgIpc) is 2.31. The highest BCUT2D eigenvalue weighted by atomic mass is 16.2. The van der Waals surface area contributed by atoms with E-state index in [2.05, 4.69) is 29.7 Å². The van der Waals surface area contributed by atoms with Crippen LogP contribution in [-0.4, -0.2) is 24.9 Å². The van der Waals surface area contributed by atoms with Gasteiger partial charge in [0.15, 0.2) is 0 Å². The van der Waals surface area contributed by atoms with Crippen LogP contribution in [0, 0.1) is 20.8 Å². The fraction of sp³-hybridized carbons (Fsp3) is 0.467. The molecule has 2 N–H and O–H groups in total. The van der Waals surface area contributed by atoms with Crippen molar-refractivity contribution in [2.75, 3.05) is 13.1 Å². The van der Waals surface area contributed by atoms with Gasteiger partial charge in [-0.25, -0.2) is 0 Å². The lowest BCUT2D eigenvalue weighted by Gasteiger charge is -2.10. The summed E-state index contributed by atoms with van der Waals surface area (Å²) in [5.74, 6) is -0.101. The Hall–Kier alpha value is -1.84. The van der Waals surface area contributed by atoms with Crippen LogP contribution < -0.4 is 10.6 Å². The molecule has 4 heteroatoms. The van der Waals surface area contributed by atoms with Crippen LogP contribution in [-0.2, 0) is 16.0 Å². The molecule has 0 aromatic heterocycles. The molecule has 19 heavy (non-hydrogen) atoms. The monoisotopic (exact) mass is 262 g/mol. The zero-order valence-electron chi connectivity index (χ0n) is 12.1. The molecule has 0 aliphatic heterocycles. The van der Waals surface area contributed by atoms with Gasteiger partial charge in [-0.05, 0) is 43.0 Å². The Morgan fingerprint density at radius 2 is 1.53 bits per heavy atom. The fourth-order valence-corrected chi connectivity index (χ4v) is 1.89. The van der Waals surface area contributed by atoms with E-state index in [-0.39, 0.29) is 11.8 Å². The van der Waals surface area contributed by atoms with Crippen LogP contribution in [0.4, 0.5) is 0 Å². The molecule has 1 aromatic carbocycles. The summed E-state index contributed by atoms with van der Waals surface area (Å²) in [7, 11) is 0. The van der Waals surface area contributed by atoms with Crippen molar-refractivity contribution in [3.63, 3.8) is 0 Å². The second-order valence-electron chi connectivity index (χ2n) is 4.87. The fourth-order valence-electron chi connectivity index (χ4n) is 1.89. The molecular weight excluding hydrogens is 240 g/mol. The number of rotatable bonds is 5. The molecule has 0 aliphatic rings. The lowest BCUT2D eigenvalue weighted by molar-refractivity contribution is -0.121. The predicted octanol–water partition coefficient (Wildman–Crippen LogP) is 1.41. The van der Waals surface area contributed by atoms with Crippen molar-refractivity contribution in [1.29, 1.82) is 0 Å². The van der Waals surface area contributed by atoms with Gasteiger partial charge in [-0.2, -0.15) is 0 Å². The van der Waals surface area contributed by atoms with Crippen LogP contribution in [0.25, 0.3) is 0 Å². The smallest absolute Gasteiger partial charge is 0.224 e. The quantitative estimate of drug-likeness (QED) is 0.788. The third-order valence-corrected chi connectivity index (χ3v) is 3.12. The van der Waals surface area contributed by atoms with E-state index in [1.807, 2.05) is 13.8 Å². The molecular formula is C15H22N2O2. The zero-order chi connectivity index (χ0) is 14.4. The van der Waals surface area contributed by atoms with E-state index in [1.54, 1.807) is 0 Å². The van der Waals surface area contributed by atoms with Crippen molar-refractivity contribution in [3.05, 3.63) is 34.4 Å². The first kappa shape index (κ1) is 15.2. The van der Waals surface area contributed by atoms with Crippen molar-refractivity contribution in [3.8, 4) is 0 Å². The number of aryl methyl sites for hydroxylation is 3. The van der Waals surface area contributed by atoms with Crippen LogP contribution in [0.5, 0.6) is 0 Å². The molecule has 1 rings (SSSR count). The number of carbonyl (C=O) groups excluding carboxylic acids is 2. The molecule has 0 fully saturated rings. The lowest BCUT2D eigenvalue weighted by atomic mass is 9.98. The van der Waals surface area contributed by atoms with Gasteiger partial charge in [0, 0.05) is 20.0 Å². The van der Waals surface area contributed by atoms with Gasteiger partial charge in [-0.3, -0.25) is 9.59 Å². The molecule has 0 heterocycles. The second-order valence-corrected chi connectivity index (χ2v) is 4.87. The molecule has 0 aliphatic carbocycles. The highest BCUT2D eigenvalue weighted by Gasteiger charge is 2.07. The van der Waals surface area contributed by atoms with E-state index in [4.69, 9.17) is 0 Å². The van der Waals surface area contributed by atoms with E-state index >= 15 is 0 Å². The topological polar surface area (TPSA) is 58.2 Å². The minimum Gasteiger partial charge on any atom is -0.355 e. The zero-order valence-corrected chi connectivity index (χ0v) is 12.1. The Labute approximate surface area is 114 Å². The summed E-state index contributed by atoms with van der Waals surface area (Å²) in [6.07, 6.45) is 0.382. The standard InChI is InChI=1S/C15H22N2O2/c1-10-7-12(3)14(8-11(10)2)9-15(19)17-6-5-16-13(4)18/h7-8H,5-6,9H2,1-4H3,(H,16,18)(H,17,19). The molecule has 0 unspecified atom stereocenters. The first-order valence-corrected chi connectivity index (χ1v) is 6.48. The van der Waals surface area contributed by atoms with Crippen LogP contribution in [0.15, 0.2) is 12.1 Å². The molecule has 0 atom stereocenters. The van der Waals surface area contributed by atoms with E-state index in [1.165, 1.54) is 18.1 Å². The Kier molecular flexibility index (Phi) is 5.55. The second kappa shape index (κ2) is 6.92. The molecule has 0 spiro atoms. The Balaban J connectivity index is 2.48. The number of nitrogens with one attached hydrogen (secondary N) is 2. The maximum Gasteiger partial charge on any atom is 0.224 e. The van der Waals surface area contributed by atoms with Crippen LogP contribution >= 0.6 is 0 Å². The van der Waals surface area contributed by atoms with E-state index in [0.717, 1.165) is 11.1 Å². The van der Waals surface area contributed by atoms with Gasteiger partial charge in [-0.1, -0.05) is 12.1 Å². The molecule has 1 aromatic rings. The maximum atomic E-state index is 11.8. The van der Waals surface area contributed by atoms with E-state index < -0.39 is 0 Å². The van der Waals surface area contributed by atoms with Crippen LogP contribution in [0.1, 0.15) is 29.2 Å². The predicted molar refractivity (Wildman–Crippen MR) is 76.1 cm³/mol. The lowest BCUT2D eigenvalue weighted by Crippen LogP contribution is -2.34. The van der Waals surface area contributed by atoms with Gasteiger partial charge in [-0.15, -0.1) is 0 Å². The molecule has 104 valence electrons. The van der Waals surface area contributed by atoms with Crippen molar-refractivity contribution in [2.45, 2.75) is 34.1 Å². The number of hydrogen-bond donors (Lipinski definition) is 2. The minimum absolute atomic E-state index is 0.0169. The third kappa shape index (κ3) is 5.12. The summed E-state index contributed by atoms with van der Waals surface area (Å²) in [5, 5.41) is 5.43. The molecule has 0 saturated carbocycles. The summed E-state index contributed by atoms with van der Waals surface area (Å²) in [6.45, 7) is 8.52. The van der Waals surface area contributed by atoms with Gasteiger partial charge in [0.2, 0.25) is 11.8 Å². The normalized spacial score (nSPS) is 10.1. The highest BCUT2D eigenvalue weighted by Crippen LogP contribution is 2.15. The van der Waals surface area contributed by atoms with Gasteiger partial charge < -0.3 is 10.6 Å². The number of amides is 2. The first-order chi connectivity index (χ1) is 8.90. The van der Waals surface area contributed by atoms with Gasteiger partial charge in [0.25, 0.3) is 0 Å². The largest absolute Gasteiger partial charge is 0.355 e.